The Bertz CT molecular complexity index is 1170. The lowest BCUT2D eigenvalue weighted by molar-refractivity contribution is 0.345. The summed E-state index contributed by atoms with van der Waals surface area (Å²) in [7, 11) is 0. The molecule has 0 radical (unpaired) electrons. The first kappa shape index (κ1) is 29.2. The maximum atomic E-state index is 12.2. The predicted octanol–water partition coefficient (Wildman–Crippen LogP) is 8.89. The van der Waals surface area contributed by atoms with Gasteiger partial charge in [0.05, 0.1) is 5.39 Å². The van der Waals surface area contributed by atoms with E-state index in [1.54, 1.807) is 12.1 Å². The number of aryl methyl sites for hydroxylation is 1. The molecule has 0 bridgehead atoms. The lowest BCUT2D eigenvalue weighted by Crippen LogP contribution is -2.04. The van der Waals surface area contributed by atoms with Crippen LogP contribution in [0.5, 0.6) is 11.5 Å². The highest BCUT2D eigenvalue weighted by molar-refractivity contribution is 5.88. The summed E-state index contributed by atoms with van der Waals surface area (Å²) in [6, 6.07) is 5.30. The average molecular weight is 493 g/mol. The molecule has 0 aliphatic rings. The number of fused-ring (bicyclic) bond motifs is 1. The molecule has 0 saturated heterocycles. The molecule has 4 nitrogen and oxygen atoms in total. The van der Waals surface area contributed by atoms with Crippen molar-refractivity contribution in [2.45, 2.75) is 87.0 Å². The average Bonchev–Trinajstić information content (AvgIpc) is 2.78. The van der Waals surface area contributed by atoms with E-state index in [1.165, 1.54) is 22.3 Å². The number of benzene rings is 1. The lowest BCUT2D eigenvalue weighted by Gasteiger charge is -2.14. The molecule has 0 aliphatic heterocycles. The van der Waals surface area contributed by atoms with Crippen molar-refractivity contribution in [3.63, 3.8) is 0 Å². The van der Waals surface area contributed by atoms with Gasteiger partial charge in [-0.3, -0.25) is 0 Å². The van der Waals surface area contributed by atoms with Gasteiger partial charge >= 0.3 is 5.63 Å². The van der Waals surface area contributed by atoms with E-state index in [4.69, 9.17) is 13.9 Å². The summed E-state index contributed by atoms with van der Waals surface area (Å²) in [6.45, 7) is 15.7. The van der Waals surface area contributed by atoms with Gasteiger partial charge in [0.25, 0.3) is 0 Å². The highest BCUT2D eigenvalue weighted by atomic mass is 16.5. The first-order valence-electron chi connectivity index (χ1n) is 13.1. The molecule has 1 aromatic carbocycles. The van der Waals surface area contributed by atoms with Crippen LogP contribution in [0.2, 0.25) is 0 Å². The normalized spacial score (nSPS) is 12.0. The van der Waals surface area contributed by atoms with E-state index in [1.807, 2.05) is 6.07 Å². The highest BCUT2D eigenvalue weighted by Crippen LogP contribution is 2.34. The Labute approximate surface area is 217 Å². The monoisotopic (exact) mass is 492 g/mol. The lowest BCUT2D eigenvalue weighted by atomic mass is 10.0. The quantitative estimate of drug-likeness (QED) is 0.195. The largest absolute Gasteiger partial charge is 0.489 e. The van der Waals surface area contributed by atoms with Gasteiger partial charge in [-0.1, -0.05) is 47.8 Å². The molecule has 0 N–H and O–H groups in total. The molecule has 0 atom stereocenters. The maximum absolute atomic E-state index is 12.2. The van der Waals surface area contributed by atoms with Gasteiger partial charge in [-0.25, -0.2) is 4.79 Å². The fourth-order valence-corrected chi connectivity index (χ4v) is 3.91. The zero-order chi connectivity index (χ0) is 26.5. The minimum atomic E-state index is -0.348. The van der Waals surface area contributed by atoms with Crippen LogP contribution in [0, 0.1) is 0 Å². The number of rotatable bonds is 14. The SMILES string of the molecule is CCCc1cc(=O)oc2cc(OC/C=C(\C)CCC=C(C)C)cc(OC/C=C(\C)CCC=C(C)C)c12. The number of hydrogen-bond acceptors (Lipinski definition) is 4. The van der Waals surface area contributed by atoms with Crippen LogP contribution in [-0.4, -0.2) is 13.2 Å². The molecule has 1 aromatic heterocycles. The molecular formula is C32H44O4. The van der Waals surface area contributed by atoms with Gasteiger partial charge in [0.15, 0.2) is 0 Å². The van der Waals surface area contributed by atoms with Crippen molar-refractivity contribution in [3.05, 3.63) is 80.8 Å². The summed E-state index contributed by atoms with van der Waals surface area (Å²) >= 11 is 0. The van der Waals surface area contributed by atoms with Gasteiger partial charge in [-0.15, -0.1) is 0 Å². The zero-order valence-corrected chi connectivity index (χ0v) is 23.3. The van der Waals surface area contributed by atoms with Crippen LogP contribution in [0.1, 0.15) is 86.1 Å². The van der Waals surface area contributed by atoms with Crippen molar-refractivity contribution >= 4 is 11.0 Å². The van der Waals surface area contributed by atoms with Crippen LogP contribution in [0.25, 0.3) is 11.0 Å². The van der Waals surface area contributed by atoms with E-state index in [2.05, 4.69) is 72.8 Å². The molecule has 36 heavy (non-hydrogen) atoms. The van der Waals surface area contributed by atoms with Crippen LogP contribution < -0.4 is 15.1 Å². The standard InChI is InChI=1S/C32H44O4/c1-8-11-27-20-31(33)36-30-22-28(34-18-16-25(6)14-9-12-23(2)3)21-29(32(27)30)35-19-17-26(7)15-10-13-24(4)5/h12-13,16-17,20-22H,8-11,14-15,18-19H2,1-7H3/b25-16+,26-17+. The van der Waals surface area contributed by atoms with Gasteiger partial charge < -0.3 is 13.9 Å². The summed E-state index contributed by atoms with van der Waals surface area (Å²) in [5.74, 6) is 1.32. The fraction of sp³-hybridized carbons (Fsp3) is 0.469. The number of ether oxygens (including phenoxy) is 2. The summed E-state index contributed by atoms with van der Waals surface area (Å²) < 4.78 is 17.8. The van der Waals surface area contributed by atoms with Crippen molar-refractivity contribution in [1.29, 1.82) is 0 Å². The van der Waals surface area contributed by atoms with E-state index in [0.717, 1.165) is 49.5 Å². The molecule has 4 heteroatoms. The Balaban J connectivity index is 2.25. The van der Waals surface area contributed by atoms with Crippen molar-refractivity contribution in [3.8, 4) is 11.5 Å². The van der Waals surface area contributed by atoms with E-state index >= 15 is 0 Å². The van der Waals surface area contributed by atoms with Crippen molar-refractivity contribution < 1.29 is 13.9 Å². The van der Waals surface area contributed by atoms with Gasteiger partial charge in [0.1, 0.15) is 30.3 Å². The molecule has 0 aliphatic carbocycles. The summed E-state index contributed by atoms with van der Waals surface area (Å²) in [4.78, 5) is 12.2. The van der Waals surface area contributed by atoms with Gasteiger partial charge in [-0.2, -0.15) is 0 Å². The third-order valence-electron chi connectivity index (χ3n) is 5.92. The van der Waals surface area contributed by atoms with Crippen molar-refractivity contribution in [1.82, 2.24) is 0 Å². The van der Waals surface area contributed by atoms with E-state index in [0.29, 0.717) is 30.3 Å². The Hall–Kier alpha value is -3.01. The Morgan fingerprint density at radius 2 is 1.39 bits per heavy atom. The smallest absolute Gasteiger partial charge is 0.336 e. The maximum Gasteiger partial charge on any atom is 0.336 e. The van der Waals surface area contributed by atoms with E-state index < -0.39 is 0 Å². The Kier molecular flexibility index (Phi) is 12.3. The molecular weight excluding hydrogens is 448 g/mol. The molecule has 0 amide bonds. The van der Waals surface area contributed by atoms with Crippen LogP contribution in [0.15, 0.2) is 74.0 Å². The van der Waals surface area contributed by atoms with Gasteiger partial charge in [0.2, 0.25) is 0 Å². The molecule has 2 rings (SSSR count). The topological polar surface area (TPSA) is 48.7 Å². The van der Waals surface area contributed by atoms with Crippen LogP contribution in [0.4, 0.5) is 0 Å². The van der Waals surface area contributed by atoms with Crippen molar-refractivity contribution in [2.75, 3.05) is 13.2 Å². The first-order chi connectivity index (χ1) is 17.2. The predicted molar refractivity (Wildman–Crippen MR) is 152 cm³/mol. The number of hydrogen-bond donors (Lipinski definition) is 0. The molecule has 0 unspecified atom stereocenters. The first-order valence-corrected chi connectivity index (χ1v) is 13.1. The third-order valence-corrected chi connectivity index (χ3v) is 5.92. The zero-order valence-electron chi connectivity index (χ0n) is 23.3. The van der Waals surface area contributed by atoms with Gasteiger partial charge in [0, 0.05) is 18.2 Å². The summed E-state index contributed by atoms with van der Waals surface area (Å²) in [6.07, 6.45) is 14.5. The second-order valence-electron chi connectivity index (χ2n) is 10.00. The minimum absolute atomic E-state index is 0.348. The molecule has 0 fully saturated rings. The summed E-state index contributed by atoms with van der Waals surface area (Å²) in [5.41, 5.74) is 6.36. The fourth-order valence-electron chi connectivity index (χ4n) is 3.91. The summed E-state index contributed by atoms with van der Waals surface area (Å²) in [5, 5.41) is 0.854. The minimum Gasteiger partial charge on any atom is -0.489 e. The third kappa shape index (κ3) is 10.3. The second kappa shape index (κ2) is 15.2. The molecule has 2 aromatic rings. The Morgan fingerprint density at radius 3 is 1.94 bits per heavy atom. The van der Waals surface area contributed by atoms with E-state index in [9.17, 15) is 4.79 Å². The highest BCUT2D eigenvalue weighted by Gasteiger charge is 2.14. The van der Waals surface area contributed by atoms with E-state index in [-0.39, 0.29) is 5.63 Å². The van der Waals surface area contributed by atoms with Crippen LogP contribution in [0.3, 0.4) is 0 Å². The Morgan fingerprint density at radius 1 is 0.806 bits per heavy atom. The molecule has 196 valence electrons. The number of allylic oxidation sites excluding steroid dienone is 6. The second-order valence-corrected chi connectivity index (χ2v) is 10.00. The molecule has 0 saturated carbocycles. The van der Waals surface area contributed by atoms with Crippen LogP contribution in [-0.2, 0) is 6.42 Å². The van der Waals surface area contributed by atoms with Crippen LogP contribution >= 0.6 is 0 Å². The molecule has 1 heterocycles. The van der Waals surface area contributed by atoms with Gasteiger partial charge in [-0.05, 0) is 91.4 Å². The van der Waals surface area contributed by atoms with Crippen molar-refractivity contribution in [2.24, 2.45) is 0 Å². The molecule has 0 spiro atoms.